The molecule has 158 valence electrons. The summed E-state index contributed by atoms with van der Waals surface area (Å²) in [5.41, 5.74) is 0.695. The molecule has 1 atom stereocenters. The van der Waals surface area contributed by atoms with E-state index in [0.29, 0.717) is 30.8 Å². The van der Waals surface area contributed by atoms with Crippen LogP contribution in [0.2, 0.25) is 0 Å². The number of aryl methyl sites for hydroxylation is 1. The van der Waals surface area contributed by atoms with Gasteiger partial charge in [0.2, 0.25) is 10.0 Å². The summed E-state index contributed by atoms with van der Waals surface area (Å²) in [6.07, 6.45) is 0.786. The average molecular weight is 442 g/mol. The van der Waals surface area contributed by atoms with E-state index in [-0.39, 0.29) is 22.9 Å². The Morgan fingerprint density at radius 2 is 1.72 bits per heavy atom. The van der Waals surface area contributed by atoms with Gasteiger partial charge in [0.25, 0.3) is 0 Å². The Labute approximate surface area is 171 Å². The van der Waals surface area contributed by atoms with Crippen LogP contribution in [-0.2, 0) is 19.9 Å². The van der Waals surface area contributed by atoms with E-state index < -0.39 is 30.9 Å². The third-order valence-electron chi connectivity index (χ3n) is 5.01. The highest BCUT2D eigenvalue weighted by molar-refractivity contribution is 7.92. The SMILES string of the molecule is CCOc1ccc(S(=O)(=O)N2CCC[C@@H](S(=O)(=O)c3ccc(F)cc3)C2)cc1C. The molecule has 9 heteroatoms. The van der Waals surface area contributed by atoms with Crippen molar-refractivity contribution in [3.05, 3.63) is 53.8 Å². The van der Waals surface area contributed by atoms with Gasteiger partial charge in [0.15, 0.2) is 9.84 Å². The van der Waals surface area contributed by atoms with Gasteiger partial charge in [-0.05, 0) is 74.7 Å². The van der Waals surface area contributed by atoms with Crippen LogP contribution in [0.15, 0.2) is 52.3 Å². The first-order valence-electron chi connectivity index (χ1n) is 9.39. The minimum Gasteiger partial charge on any atom is -0.494 e. The molecule has 3 rings (SSSR count). The fourth-order valence-corrected chi connectivity index (χ4v) is 6.90. The van der Waals surface area contributed by atoms with Gasteiger partial charge >= 0.3 is 0 Å². The molecular formula is C20H24FNO5S2. The molecule has 2 aromatic carbocycles. The molecule has 0 aliphatic carbocycles. The molecule has 2 aromatic rings. The molecule has 0 spiro atoms. The molecule has 1 fully saturated rings. The van der Waals surface area contributed by atoms with Gasteiger partial charge in [-0.15, -0.1) is 0 Å². The lowest BCUT2D eigenvalue weighted by Gasteiger charge is -2.31. The number of halogens is 1. The fraction of sp³-hybridized carbons (Fsp3) is 0.400. The smallest absolute Gasteiger partial charge is 0.243 e. The van der Waals surface area contributed by atoms with Crippen LogP contribution in [0.3, 0.4) is 0 Å². The van der Waals surface area contributed by atoms with Crippen LogP contribution in [-0.4, -0.2) is 46.1 Å². The van der Waals surface area contributed by atoms with Crippen molar-refractivity contribution in [2.75, 3.05) is 19.7 Å². The van der Waals surface area contributed by atoms with Gasteiger partial charge in [0, 0.05) is 13.1 Å². The van der Waals surface area contributed by atoms with Crippen molar-refractivity contribution < 1.29 is 26.0 Å². The molecule has 0 aromatic heterocycles. The summed E-state index contributed by atoms with van der Waals surface area (Å²) < 4.78 is 71.9. The summed E-state index contributed by atoms with van der Waals surface area (Å²) in [6, 6.07) is 9.24. The zero-order valence-electron chi connectivity index (χ0n) is 16.3. The summed E-state index contributed by atoms with van der Waals surface area (Å²) >= 11 is 0. The molecule has 0 saturated carbocycles. The van der Waals surface area contributed by atoms with Crippen LogP contribution >= 0.6 is 0 Å². The maximum atomic E-state index is 13.1. The first-order valence-corrected chi connectivity index (χ1v) is 12.4. The second-order valence-corrected chi connectivity index (χ2v) is 11.2. The number of rotatable bonds is 6. The first kappa shape index (κ1) is 21.7. The molecule has 1 aliphatic heterocycles. The van der Waals surface area contributed by atoms with Gasteiger partial charge in [-0.3, -0.25) is 0 Å². The first-order chi connectivity index (χ1) is 13.7. The molecule has 0 unspecified atom stereocenters. The molecule has 0 amide bonds. The monoisotopic (exact) mass is 441 g/mol. The molecule has 29 heavy (non-hydrogen) atoms. The van der Waals surface area contributed by atoms with Crippen LogP contribution in [0.25, 0.3) is 0 Å². The van der Waals surface area contributed by atoms with Crippen LogP contribution in [0, 0.1) is 12.7 Å². The predicted molar refractivity (Wildman–Crippen MR) is 108 cm³/mol. The van der Waals surface area contributed by atoms with E-state index in [2.05, 4.69) is 0 Å². The van der Waals surface area contributed by atoms with Crippen molar-refractivity contribution in [1.82, 2.24) is 4.31 Å². The molecule has 6 nitrogen and oxygen atoms in total. The molecule has 0 bridgehead atoms. The van der Waals surface area contributed by atoms with Crippen LogP contribution < -0.4 is 4.74 Å². The maximum Gasteiger partial charge on any atom is 0.243 e. The van der Waals surface area contributed by atoms with Crippen molar-refractivity contribution in [3.8, 4) is 5.75 Å². The molecule has 1 aliphatic rings. The highest BCUT2D eigenvalue weighted by atomic mass is 32.2. The third kappa shape index (κ3) is 4.46. The van der Waals surface area contributed by atoms with E-state index in [9.17, 15) is 21.2 Å². The summed E-state index contributed by atoms with van der Waals surface area (Å²) in [5, 5.41) is -0.875. The lowest BCUT2D eigenvalue weighted by molar-refractivity contribution is 0.337. The number of nitrogens with zero attached hydrogens (tertiary/aromatic N) is 1. The van der Waals surface area contributed by atoms with Crippen molar-refractivity contribution >= 4 is 19.9 Å². The molecule has 0 N–H and O–H groups in total. The van der Waals surface area contributed by atoms with E-state index in [0.717, 1.165) is 12.1 Å². The van der Waals surface area contributed by atoms with Gasteiger partial charge < -0.3 is 4.74 Å². The summed E-state index contributed by atoms with van der Waals surface area (Å²) in [7, 11) is -7.61. The number of sulfonamides is 1. The number of hydrogen-bond donors (Lipinski definition) is 0. The van der Waals surface area contributed by atoms with Crippen molar-refractivity contribution in [2.45, 2.75) is 41.7 Å². The third-order valence-corrected chi connectivity index (χ3v) is 9.06. The summed E-state index contributed by atoms with van der Waals surface area (Å²) in [6.45, 7) is 4.21. The van der Waals surface area contributed by atoms with E-state index in [1.54, 1.807) is 19.1 Å². The van der Waals surface area contributed by atoms with Gasteiger partial charge in [-0.1, -0.05) is 0 Å². The zero-order chi connectivity index (χ0) is 21.2. The Hall–Kier alpha value is -1.97. The van der Waals surface area contributed by atoms with Gasteiger partial charge in [-0.25, -0.2) is 21.2 Å². The Bertz CT molecular complexity index is 1080. The minimum absolute atomic E-state index is 0.0000553. The largest absolute Gasteiger partial charge is 0.494 e. The molecule has 0 radical (unpaired) electrons. The second kappa shape index (κ2) is 8.41. The van der Waals surface area contributed by atoms with Crippen LogP contribution in [0.5, 0.6) is 5.75 Å². The highest BCUT2D eigenvalue weighted by Gasteiger charge is 2.37. The van der Waals surface area contributed by atoms with E-state index in [4.69, 9.17) is 4.74 Å². The van der Waals surface area contributed by atoms with E-state index >= 15 is 0 Å². The van der Waals surface area contributed by atoms with Crippen molar-refractivity contribution in [2.24, 2.45) is 0 Å². The average Bonchev–Trinajstić information content (AvgIpc) is 2.70. The standard InChI is InChI=1S/C20H24FNO5S2/c1-3-27-20-11-10-18(13-15(20)2)29(25,26)22-12-4-5-19(14-22)28(23,24)17-8-6-16(21)7-9-17/h6-11,13,19H,3-5,12,14H2,1-2H3/t19-/m1/s1. The molecule has 1 heterocycles. The molecular weight excluding hydrogens is 417 g/mol. The Kier molecular flexibility index (Phi) is 6.30. The van der Waals surface area contributed by atoms with Crippen molar-refractivity contribution in [3.63, 3.8) is 0 Å². The maximum absolute atomic E-state index is 13.1. The second-order valence-electron chi connectivity index (χ2n) is 6.99. The van der Waals surface area contributed by atoms with E-state index in [1.165, 1.54) is 22.5 Å². The fourth-order valence-electron chi connectivity index (χ4n) is 3.44. The Morgan fingerprint density at radius 3 is 2.34 bits per heavy atom. The number of ether oxygens (including phenoxy) is 1. The number of piperidine rings is 1. The van der Waals surface area contributed by atoms with Gasteiger partial charge in [-0.2, -0.15) is 4.31 Å². The Morgan fingerprint density at radius 1 is 1.07 bits per heavy atom. The Balaban J connectivity index is 1.86. The number of benzene rings is 2. The summed E-state index contributed by atoms with van der Waals surface area (Å²) in [5.74, 6) is 0.0875. The lowest BCUT2D eigenvalue weighted by Crippen LogP contribution is -2.45. The minimum atomic E-state index is -3.85. The zero-order valence-corrected chi connectivity index (χ0v) is 18.0. The normalized spacial score (nSPS) is 18.5. The van der Waals surface area contributed by atoms with Crippen molar-refractivity contribution in [1.29, 1.82) is 0 Å². The van der Waals surface area contributed by atoms with Crippen LogP contribution in [0.4, 0.5) is 4.39 Å². The quantitative estimate of drug-likeness (QED) is 0.644. The lowest BCUT2D eigenvalue weighted by atomic mass is 10.2. The van der Waals surface area contributed by atoms with Gasteiger partial charge in [0.1, 0.15) is 11.6 Å². The van der Waals surface area contributed by atoms with E-state index in [1.807, 2.05) is 6.92 Å². The van der Waals surface area contributed by atoms with Crippen LogP contribution in [0.1, 0.15) is 25.3 Å². The number of sulfone groups is 1. The summed E-state index contributed by atoms with van der Waals surface area (Å²) in [4.78, 5) is 0.110. The molecule has 1 saturated heterocycles. The topological polar surface area (TPSA) is 80.8 Å². The number of hydrogen-bond acceptors (Lipinski definition) is 5. The van der Waals surface area contributed by atoms with Gasteiger partial charge in [0.05, 0.1) is 21.6 Å². The highest BCUT2D eigenvalue weighted by Crippen LogP contribution is 2.29. The predicted octanol–water partition coefficient (Wildman–Crippen LogP) is 3.16.